The van der Waals surface area contributed by atoms with Crippen LogP contribution in [0.3, 0.4) is 0 Å². The molecule has 11 nitrogen and oxygen atoms in total. The molecule has 1 aliphatic rings. The van der Waals surface area contributed by atoms with Gasteiger partial charge in [0.15, 0.2) is 0 Å². The molecule has 0 spiro atoms. The highest BCUT2D eigenvalue weighted by Gasteiger charge is 2.36. The van der Waals surface area contributed by atoms with Crippen LogP contribution in [0.5, 0.6) is 5.75 Å². The number of carboxylic acid groups (broad SMARTS) is 1. The second kappa shape index (κ2) is 11.9. The predicted octanol–water partition coefficient (Wildman–Crippen LogP) is 3.08. The maximum Gasteiger partial charge on any atom is 0.408 e. The summed E-state index contributed by atoms with van der Waals surface area (Å²) in [5.41, 5.74) is 9.00. The van der Waals surface area contributed by atoms with Crippen LogP contribution in [-0.2, 0) is 32.6 Å². The van der Waals surface area contributed by atoms with E-state index in [1.54, 1.807) is 38.1 Å². The molecule has 5 N–H and O–H groups in total. The van der Waals surface area contributed by atoms with Crippen LogP contribution < -0.4 is 20.5 Å². The number of benzene rings is 2. The van der Waals surface area contributed by atoms with E-state index in [0.717, 1.165) is 22.4 Å². The Morgan fingerprint density at radius 2 is 1.82 bits per heavy atom. The Bertz CT molecular complexity index is 1370. The molecule has 0 radical (unpaired) electrons. The number of sulfonamides is 1. The number of fused-ring (bicyclic) bond motifs is 1. The molecule has 0 aliphatic carbocycles. The number of alkyl carbamates (subject to hydrolysis) is 1. The first-order valence-corrected chi connectivity index (χ1v) is 14.0. The number of aliphatic imine (C=N–C) groups is 1. The Kier molecular flexibility index (Phi) is 9.10. The van der Waals surface area contributed by atoms with E-state index in [0.29, 0.717) is 17.5 Å². The quantitative estimate of drug-likeness (QED) is 0.195. The first-order valence-electron chi connectivity index (χ1n) is 12.6. The minimum Gasteiger partial charge on any atom is -0.487 e. The second-order valence-electron chi connectivity index (χ2n) is 10.2. The van der Waals surface area contributed by atoms with Crippen molar-refractivity contribution in [3.63, 3.8) is 0 Å². The summed E-state index contributed by atoms with van der Waals surface area (Å²) in [6, 6.07) is 7.79. The van der Waals surface area contributed by atoms with Crippen molar-refractivity contribution in [2.24, 2.45) is 10.7 Å². The van der Waals surface area contributed by atoms with E-state index < -0.39 is 33.7 Å². The number of hydrogen-bond donors (Lipinski definition) is 4. The van der Waals surface area contributed by atoms with Crippen molar-refractivity contribution < 1.29 is 32.6 Å². The van der Waals surface area contributed by atoms with Gasteiger partial charge >= 0.3 is 12.1 Å². The molecule has 0 fully saturated rings. The SMILES string of the molecule is Cc1c(C)c(S(=O)(=O)NC(N)=NCCC[C@H](NC(=O)OCc2ccccc2)C(=O)O)c(C)c2c1OC(C)(C)C2. The molecule has 1 heterocycles. The van der Waals surface area contributed by atoms with Crippen LogP contribution in [0.15, 0.2) is 40.2 Å². The summed E-state index contributed by atoms with van der Waals surface area (Å²) >= 11 is 0. The van der Waals surface area contributed by atoms with E-state index in [2.05, 4.69) is 15.0 Å². The Labute approximate surface area is 228 Å². The van der Waals surface area contributed by atoms with E-state index >= 15 is 0 Å². The fraction of sp³-hybridized carbons (Fsp3) is 0.444. The van der Waals surface area contributed by atoms with Crippen LogP contribution in [0.4, 0.5) is 4.79 Å². The number of nitrogens with one attached hydrogen (secondary N) is 2. The summed E-state index contributed by atoms with van der Waals surface area (Å²) in [6.07, 6.45) is -0.0101. The standard InChI is InChI=1S/C27H36N4O7S/c1-16-17(2)23(18(3)20-14-27(4,5)38-22(16)20)39(35,36)31-25(28)29-13-9-12-21(24(32)33)30-26(34)37-15-19-10-7-6-8-11-19/h6-8,10-11,21H,9,12-15H2,1-5H3,(H,30,34)(H,32,33)(H3,28,29,31)/t21-/m0/s1. The zero-order chi connectivity index (χ0) is 29.0. The molecule has 1 atom stereocenters. The molecule has 2 aromatic rings. The summed E-state index contributed by atoms with van der Waals surface area (Å²) in [5.74, 6) is -0.818. The monoisotopic (exact) mass is 560 g/mol. The first kappa shape index (κ1) is 29.8. The molecule has 0 unspecified atom stereocenters. The summed E-state index contributed by atoms with van der Waals surface area (Å²) in [7, 11) is -4.04. The van der Waals surface area contributed by atoms with E-state index in [4.69, 9.17) is 15.2 Å². The van der Waals surface area contributed by atoms with Crippen LogP contribution in [0, 0.1) is 20.8 Å². The summed E-state index contributed by atoms with van der Waals surface area (Å²) in [5, 5.41) is 11.8. The topological polar surface area (TPSA) is 169 Å². The maximum atomic E-state index is 13.3. The number of nitrogens with two attached hydrogens (primary N) is 1. The molecule has 0 bridgehead atoms. The van der Waals surface area contributed by atoms with Gasteiger partial charge in [0.25, 0.3) is 10.0 Å². The summed E-state index contributed by atoms with van der Waals surface area (Å²) in [6.45, 7) is 9.27. The van der Waals surface area contributed by atoms with Crippen molar-refractivity contribution in [2.45, 2.75) is 77.0 Å². The van der Waals surface area contributed by atoms with Crippen LogP contribution >= 0.6 is 0 Å². The van der Waals surface area contributed by atoms with E-state index in [1.807, 2.05) is 26.8 Å². The molecule has 3 rings (SSSR count). The molecule has 39 heavy (non-hydrogen) atoms. The number of nitrogens with zero attached hydrogens (tertiary/aromatic N) is 1. The number of carbonyl (C=O) groups is 2. The number of ether oxygens (including phenoxy) is 2. The third-order valence-corrected chi connectivity index (χ3v) is 8.16. The van der Waals surface area contributed by atoms with Crippen molar-refractivity contribution in [3.05, 3.63) is 58.1 Å². The second-order valence-corrected chi connectivity index (χ2v) is 11.8. The van der Waals surface area contributed by atoms with Gasteiger partial charge in [-0.2, -0.15) is 0 Å². The van der Waals surface area contributed by atoms with Crippen LogP contribution in [0.25, 0.3) is 0 Å². The lowest BCUT2D eigenvalue weighted by atomic mass is 9.94. The maximum absolute atomic E-state index is 13.3. The highest BCUT2D eigenvalue weighted by Crippen LogP contribution is 2.43. The molecule has 0 saturated heterocycles. The lowest BCUT2D eigenvalue weighted by Gasteiger charge is -2.19. The third kappa shape index (κ3) is 7.41. The van der Waals surface area contributed by atoms with Crippen molar-refractivity contribution >= 4 is 28.0 Å². The van der Waals surface area contributed by atoms with Gasteiger partial charge in [0.05, 0.1) is 4.90 Å². The lowest BCUT2D eigenvalue weighted by molar-refractivity contribution is -0.139. The van der Waals surface area contributed by atoms with Crippen molar-refractivity contribution in [1.29, 1.82) is 0 Å². The summed E-state index contributed by atoms with van der Waals surface area (Å²) in [4.78, 5) is 27.8. The van der Waals surface area contributed by atoms with Gasteiger partial charge in [0.1, 0.15) is 24.0 Å². The number of carboxylic acids is 1. The molecule has 0 saturated carbocycles. The molecule has 12 heteroatoms. The molecular weight excluding hydrogens is 524 g/mol. The summed E-state index contributed by atoms with van der Waals surface area (Å²) < 4.78 is 40.0. The molecule has 212 valence electrons. The van der Waals surface area contributed by atoms with Gasteiger partial charge < -0.3 is 25.6 Å². The number of carbonyl (C=O) groups excluding carboxylic acids is 1. The van der Waals surface area contributed by atoms with Crippen molar-refractivity contribution in [2.75, 3.05) is 6.54 Å². The Balaban J connectivity index is 1.58. The molecule has 1 aliphatic heterocycles. The van der Waals surface area contributed by atoms with Gasteiger partial charge in [-0.15, -0.1) is 0 Å². The zero-order valence-corrected chi connectivity index (χ0v) is 23.6. The first-order chi connectivity index (χ1) is 18.2. The lowest BCUT2D eigenvalue weighted by Crippen LogP contribution is -2.41. The van der Waals surface area contributed by atoms with Gasteiger partial charge in [-0.25, -0.2) is 22.7 Å². The predicted molar refractivity (Wildman–Crippen MR) is 146 cm³/mol. The van der Waals surface area contributed by atoms with E-state index in [1.165, 1.54) is 0 Å². The number of aliphatic carboxylic acids is 1. The van der Waals surface area contributed by atoms with Gasteiger partial charge in [0.2, 0.25) is 5.96 Å². The van der Waals surface area contributed by atoms with Crippen LogP contribution in [0.1, 0.15) is 54.5 Å². The fourth-order valence-corrected chi connectivity index (χ4v) is 6.05. The van der Waals surface area contributed by atoms with Crippen molar-refractivity contribution in [1.82, 2.24) is 10.0 Å². The van der Waals surface area contributed by atoms with Crippen LogP contribution in [0.2, 0.25) is 0 Å². The molecule has 0 aromatic heterocycles. The van der Waals surface area contributed by atoms with Gasteiger partial charge in [0, 0.05) is 18.5 Å². The Morgan fingerprint density at radius 3 is 2.46 bits per heavy atom. The largest absolute Gasteiger partial charge is 0.487 e. The number of hydrogen-bond acceptors (Lipinski definition) is 7. The van der Waals surface area contributed by atoms with Crippen molar-refractivity contribution in [3.8, 4) is 5.75 Å². The highest BCUT2D eigenvalue weighted by molar-refractivity contribution is 7.90. The normalized spacial score (nSPS) is 15.2. The average Bonchev–Trinajstić information content (AvgIpc) is 3.19. The molecular formula is C27H36N4O7S. The van der Waals surface area contributed by atoms with Crippen LogP contribution in [-0.4, -0.2) is 49.7 Å². The number of rotatable bonds is 10. The average molecular weight is 561 g/mol. The number of guanidine groups is 1. The smallest absolute Gasteiger partial charge is 0.408 e. The van der Waals surface area contributed by atoms with Gasteiger partial charge in [-0.1, -0.05) is 30.3 Å². The van der Waals surface area contributed by atoms with E-state index in [9.17, 15) is 23.1 Å². The number of amides is 1. The minimum absolute atomic E-state index is 0.00740. The highest BCUT2D eigenvalue weighted by atomic mass is 32.2. The van der Waals surface area contributed by atoms with Gasteiger partial charge in [-0.3, -0.25) is 4.99 Å². The Morgan fingerprint density at radius 1 is 1.15 bits per heavy atom. The van der Waals surface area contributed by atoms with Gasteiger partial charge in [-0.05, 0) is 69.7 Å². The fourth-order valence-electron chi connectivity index (χ4n) is 4.53. The molecule has 2 aromatic carbocycles. The molecule has 1 amide bonds. The minimum atomic E-state index is -4.04. The zero-order valence-electron chi connectivity index (χ0n) is 22.8. The third-order valence-electron chi connectivity index (χ3n) is 6.54. The Hall–Kier alpha value is -3.80. The van der Waals surface area contributed by atoms with E-state index in [-0.39, 0.29) is 36.8 Å².